The third kappa shape index (κ3) is 2.36. The van der Waals surface area contributed by atoms with Crippen molar-refractivity contribution in [3.05, 3.63) is 103 Å². The first kappa shape index (κ1) is 17.8. The molecule has 154 valence electrons. The Bertz CT molecular complexity index is 2030. The van der Waals surface area contributed by atoms with Crippen LogP contribution in [0.5, 0.6) is 0 Å². The molecule has 0 aliphatic carbocycles. The molecular weight excluding hydrogens is 438 g/mol. The molecule has 0 aliphatic heterocycles. The highest BCUT2D eigenvalue weighted by Gasteiger charge is 2.18. The lowest BCUT2D eigenvalue weighted by atomic mass is 10.1. The van der Waals surface area contributed by atoms with E-state index in [-0.39, 0.29) is 0 Å². The second-order valence-corrected chi connectivity index (χ2v) is 10.7. The number of thiophene rings is 2. The Labute approximate surface area is 197 Å². The van der Waals surface area contributed by atoms with E-state index in [0.29, 0.717) is 0 Å². The van der Waals surface area contributed by atoms with Gasteiger partial charge in [0, 0.05) is 51.1 Å². The van der Waals surface area contributed by atoms with Gasteiger partial charge in [-0.1, -0.05) is 60.7 Å². The summed E-state index contributed by atoms with van der Waals surface area (Å²) in [6.45, 7) is 0. The maximum atomic E-state index is 2.48. The first-order valence-electron chi connectivity index (χ1n) is 11.1. The molecule has 0 spiro atoms. The summed E-state index contributed by atoms with van der Waals surface area (Å²) in [6, 6.07) is 37.9. The average Bonchev–Trinajstić information content (AvgIpc) is 3.52. The van der Waals surface area contributed by atoms with E-state index in [1.54, 1.807) is 0 Å². The summed E-state index contributed by atoms with van der Waals surface area (Å²) in [6.07, 6.45) is 0. The zero-order valence-corrected chi connectivity index (χ0v) is 19.2. The van der Waals surface area contributed by atoms with Crippen LogP contribution in [0.1, 0.15) is 0 Å². The Morgan fingerprint density at radius 1 is 0.424 bits per heavy atom. The zero-order valence-electron chi connectivity index (χ0n) is 17.6. The highest BCUT2D eigenvalue weighted by Crippen LogP contribution is 2.43. The van der Waals surface area contributed by atoms with Gasteiger partial charge >= 0.3 is 0 Å². The molecule has 0 amide bonds. The predicted molar refractivity (Wildman–Crippen MR) is 147 cm³/mol. The molecule has 3 aromatic heterocycles. The minimum Gasteiger partial charge on any atom is -0.309 e. The highest BCUT2D eigenvalue weighted by molar-refractivity contribution is 7.26. The van der Waals surface area contributed by atoms with Crippen molar-refractivity contribution < 1.29 is 0 Å². The monoisotopic (exact) mass is 455 g/mol. The van der Waals surface area contributed by atoms with E-state index in [2.05, 4.69) is 108 Å². The van der Waals surface area contributed by atoms with Crippen LogP contribution in [-0.2, 0) is 0 Å². The first-order chi connectivity index (χ1) is 16.4. The summed E-state index contributed by atoms with van der Waals surface area (Å²) in [7, 11) is 0. The minimum absolute atomic E-state index is 1.26. The molecule has 0 saturated heterocycles. The number of para-hydroxylation sites is 1. The van der Waals surface area contributed by atoms with Crippen LogP contribution < -0.4 is 0 Å². The Morgan fingerprint density at radius 3 is 1.97 bits per heavy atom. The van der Waals surface area contributed by atoms with Crippen molar-refractivity contribution in [1.82, 2.24) is 4.57 Å². The van der Waals surface area contributed by atoms with Gasteiger partial charge in [-0.25, -0.2) is 0 Å². The Hall–Kier alpha value is -3.66. The molecular formula is C30H17NS2. The van der Waals surface area contributed by atoms with Gasteiger partial charge in [0.25, 0.3) is 0 Å². The quantitative estimate of drug-likeness (QED) is 0.232. The van der Waals surface area contributed by atoms with Crippen LogP contribution in [0.3, 0.4) is 0 Å². The van der Waals surface area contributed by atoms with Crippen LogP contribution in [0.25, 0.3) is 67.8 Å². The molecule has 0 radical (unpaired) electrons. The van der Waals surface area contributed by atoms with Crippen LogP contribution in [0, 0.1) is 0 Å². The van der Waals surface area contributed by atoms with E-state index in [1.165, 1.54) is 67.8 Å². The number of nitrogens with zero attached hydrogens (tertiary/aromatic N) is 1. The third-order valence-corrected chi connectivity index (χ3v) is 9.06. The standard InChI is InChI=1S/C30H17NS2/c1-4-11-23-18(8-1)21-17-29-22(19-9-2-5-13-26(19)33-29)16-25(21)31(23)24-12-7-15-28-30(24)20-10-3-6-14-27(20)32-28/h1-17H. The predicted octanol–water partition coefficient (Wildman–Crippen LogP) is 9.52. The summed E-state index contributed by atoms with van der Waals surface area (Å²) in [5, 5.41) is 7.99. The van der Waals surface area contributed by atoms with Crippen LogP contribution in [0.2, 0.25) is 0 Å². The van der Waals surface area contributed by atoms with Crippen LogP contribution >= 0.6 is 22.7 Å². The summed E-state index contributed by atoms with van der Waals surface area (Å²) in [5.41, 5.74) is 3.79. The average molecular weight is 456 g/mol. The van der Waals surface area contributed by atoms with Crippen LogP contribution in [0.4, 0.5) is 0 Å². The SMILES string of the molecule is c1ccc2c(c1)sc1cc3c4ccccc4n(-c4cccc5sc6ccccc6c45)c3cc12. The number of fused-ring (bicyclic) bond motifs is 9. The maximum absolute atomic E-state index is 2.48. The summed E-state index contributed by atoms with van der Waals surface area (Å²) < 4.78 is 7.86. The van der Waals surface area contributed by atoms with Crippen molar-refractivity contribution in [2.75, 3.05) is 0 Å². The normalized spacial score (nSPS) is 12.2. The van der Waals surface area contributed by atoms with Gasteiger partial charge in [0.05, 0.1) is 16.7 Å². The molecule has 3 heteroatoms. The third-order valence-electron chi connectivity index (χ3n) is 6.79. The molecule has 3 heterocycles. The van der Waals surface area contributed by atoms with E-state index < -0.39 is 0 Å². The van der Waals surface area contributed by atoms with Crippen LogP contribution in [0.15, 0.2) is 103 Å². The molecule has 0 aliphatic rings. The molecule has 0 N–H and O–H groups in total. The van der Waals surface area contributed by atoms with Crippen molar-refractivity contribution in [1.29, 1.82) is 0 Å². The largest absolute Gasteiger partial charge is 0.309 e. The second-order valence-electron chi connectivity index (χ2n) is 8.56. The lowest BCUT2D eigenvalue weighted by Gasteiger charge is -2.10. The van der Waals surface area contributed by atoms with E-state index in [4.69, 9.17) is 0 Å². The fourth-order valence-corrected chi connectivity index (χ4v) is 7.64. The summed E-state index contributed by atoms with van der Waals surface area (Å²) >= 11 is 3.77. The van der Waals surface area contributed by atoms with Crippen molar-refractivity contribution in [3.63, 3.8) is 0 Å². The Balaban J connectivity index is 1.61. The topological polar surface area (TPSA) is 4.93 Å². The van der Waals surface area contributed by atoms with Crippen molar-refractivity contribution in [2.45, 2.75) is 0 Å². The molecule has 0 unspecified atom stereocenters. The smallest absolute Gasteiger partial charge is 0.0555 e. The van der Waals surface area contributed by atoms with Crippen molar-refractivity contribution in [3.8, 4) is 5.69 Å². The number of benzene rings is 5. The van der Waals surface area contributed by atoms with Gasteiger partial charge in [0.2, 0.25) is 0 Å². The molecule has 0 saturated carbocycles. The highest BCUT2D eigenvalue weighted by atomic mass is 32.1. The van der Waals surface area contributed by atoms with Gasteiger partial charge < -0.3 is 4.57 Å². The molecule has 0 fully saturated rings. The van der Waals surface area contributed by atoms with Crippen molar-refractivity contribution in [2.24, 2.45) is 0 Å². The number of aromatic nitrogens is 1. The lowest BCUT2D eigenvalue weighted by molar-refractivity contribution is 1.20. The van der Waals surface area contributed by atoms with Gasteiger partial charge in [-0.3, -0.25) is 0 Å². The van der Waals surface area contributed by atoms with E-state index in [1.807, 2.05) is 22.7 Å². The fourth-order valence-electron chi connectivity index (χ4n) is 5.39. The first-order valence-corrected chi connectivity index (χ1v) is 12.8. The molecule has 33 heavy (non-hydrogen) atoms. The fraction of sp³-hybridized carbons (Fsp3) is 0. The minimum atomic E-state index is 1.26. The lowest BCUT2D eigenvalue weighted by Crippen LogP contribution is -1.94. The van der Waals surface area contributed by atoms with E-state index in [9.17, 15) is 0 Å². The van der Waals surface area contributed by atoms with Gasteiger partial charge in [-0.15, -0.1) is 22.7 Å². The Kier molecular flexibility index (Phi) is 3.48. The Morgan fingerprint density at radius 2 is 1.09 bits per heavy atom. The zero-order chi connectivity index (χ0) is 21.5. The van der Waals surface area contributed by atoms with Gasteiger partial charge in [0.15, 0.2) is 0 Å². The van der Waals surface area contributed by atoms with E-state index >= 15 is 0 Å². The maximum Gasteiger partial charge on any atom is 0.0555 e. The van der Waals surface area contributed by atoms with E-state index in [0.717, 1.165) is 0 Å². The number of hydrogen-bond acceptors (Lipinski definition) is 2. The number of hydrogen-bond donors (Lipinski definition) is 0. The summed E-state index contributed by atoms with van der Waals surface area (Å²) in [4.78, 5) is 0. The van der Waals surface area contributed by atoms with Crippen LogP contribution in [-0.4, -0.2) is 4.57 Å². The summed E-state index contributed by atoms with van der Waals surface area (Å²) in [5.74, 6) is 0. The van der Waals surface area contributed by atoms with Gasteiger partial charge in [-0.05, 0) is 42.5 Å². The molecule has 1 nitrogen and oxygen atoms in total. The van der Waals surface area contributed by atoms with Crippen molar-refractivity contribution >= 4 is 84.8 Å². The van der Waals surface area contributed by atoms with Gasteiger partial charge in [0.1, 0.15) is 0 Å². The molecule has 5 aromatic carbocycles. The molecule has 0 atom stereocenters. The van der Waals surface area contributed by atoms with Gasteiger partial charge in [-0.2, -0.15) is 0 Å². The second kappa shape index (κ2) is 6.44. The molecule has 8 rings (SSSR count). The molecule has 8 aromatic rings. The number of rotatable bonds is 1. The molecule has 0 bridgehead atoms.